The summed E-state index contributed by atoms with van der Waals surface area (Å²) in [5.74, 6) is 0. The van der Waals surface area contributed by atoms with Crippen LogP contribution in [-0.4, -0.2) is 9.78 Å². The Labute approximate surface area is 106 Å². The zero-order valence-corrected chi connectivity index (χ0v) is 10.8. The topological polar surface area (TPSA) is 43.8 Å². The Morgan fingerprint density at radius 1 is 1.35 bits per heavy atom. The van der Waals surface area contributed by atoms with E-state index in [0.29, 0.717) is 11.6 Å². The van der Waals surface area contributed by atoms with Gasteiger partial charge in [-0.2, -0.15) is 5.10 Å². The molecule has 2 N–H and O–H groups in total. The molecule has 90 valence electrons. The molecule has 0 radical (unpaired) electrons. The molecule has 2 rings (SSSR count). The van der Waals surface area contributed by atoms with Crippen LogP contribution in [-0.2, 0) is 13.1 Å². The molecule has 1 aromatic carbocycles. The summed E-state index contributed by atoms with van der Waals surface area (Å²) in [7, 11) is 0. The molecule has 17 heavy (non-hydrogen) atoms. The summed E-state index contributed by atoms with van der Waals surface area (Å²) in [6, 6.07) is 6.28. The Morgan fingerprint density at radius 3 is 2.65 bits per heavy atom. The minimum atomic E-state index is 0.577. The van der Waals surface area contributed by atoms with Crippen LogP contribution in [0, 0.1) is 13.8 Å². The number of hydrogen-bond acceptors (Lipinski definition) is 2. The number of aryl methyl sites for hydroxylation is 1. The van der Waals surface area contributed by atoms with Crippen LogP contribution in [0.25, 0.3) is 0 Å². The fourth-order valence-corrected chi connectivity index (χ4v) is 1.95. The summed E-state index contributed by atoms with van der Waals surface area (Å²) in [5, 5.41) is 4.96. The molecular formula is C13H16ClN3. The van der Waals surface area contributed by atoms with Crippen molar-refractivity contribution in [2.24, 2.45) is 5.73 Å². The third kappa shape index (κ3) is 2.51. The van der Waals surface area contributed by atoms with Crippen molar-refractivity contribution >= 4 is 11.6 Å². The largest absolute Gasteiger partial charge is 0.326 e. The predicted molar refractivity (Wildman–Crippen MR) is 70.1 cm³/mol. The van der Waals surface area contributed by atoms with Crippen LogP contribution < -0.4 is 5.73 Å². The number of nitrogens with zero attached hydrogens (tertiary/aromatic N) is 2. The minimum absolute atomic E-state index is 0.577. The molecule has 0 aliphatic carbocycles. The van der Waals surface area contributed by atoms with Crippen molar-refractivity contribution in [1.82, 2.24) is 9.78 Å². The first-order chi connectivity index (χ1) is 8.11. The van der Waals surface area contributed by atoms with Crippen LogP contribution >= 0.6 is 11.6 Å². The van der Waals surface area contributed by atoms with Gasteiger partial charge in [0.2, 0.25) is 0 Å². The van der Waals surface area contributed by atoms with Crippen LogP contribution in [0.2, 0.25) is 5.02 Å². The van der Waals surface area contributed by atoms with Crippen molar-refractivity contribution in [2.45, 2.75) is 26.9 Å². The van der Waals surface area contributed by atoms with E-state index in [9.17, 15) is 0 Å². The molecule has 4 heteroatoms. The molecule has 3 nitrogen and oxygen atoms in total. The summed E-state index contributed by atoms with van der Waals surface area (Å²) in [6.45, 7) is 5.39. The quantitative estimate of drug-likeness (QED) is 0.909. The van der Waals surface area contributed by atoms with Gasteiger partial charge in [-0.05, 0) is 30.5 Å². The molecular weight excluding hydrogens is 234 g/mol. The molecule has 0 bridgehead atoms. The fraction of sp³-hybridized carbons (Fsp3) is 0.308. The number of rotatable bonds is 3. The standard InChI is InChI=1S/C13H16ClN3/c1-9-5-11(6-15)3-4-12(9)8-17-10(2)13(14)7-16-17/h3-5,7H,6,8,15H2,1-2H3. The number of nitrogens with two attached hydrogens (primary N) is 1. The van der Waals surface area contributed by atoms with E-state index in [-0.39, 0.29) is 0 Å². The van der Waals surface area contributed by atoms with Crippen molar-refractivity contribution in [3.8, 4) is 0 Å². The number of benzene rings is 1. The maximum Gasteiger partial charge on any atom is 0.0815 e. The van der Waals surface area contributed by atoms with E-state index in [4.69, 9.17) is 17.3 Å². The van der Waals surface area contributed by atoms with E-state index in [2.05, 4.69) is 30.2 Å². The SMILES string of the molecule is Cc1cc(CN)ccc1Cn1ncc(Cl)c1C. The molecule has 0 amide bonds. The zero-order chi connectivity index (χ0) is 12.4. The van der Waals surface area contributed by atoms with Gasteiger partial charge in [-0.3, -0.25) is 4.68 Å². The van der Waals surface area contributed by atoms with Crippen LogP contribution in [0.5, 0.6) is 0 Å². The van der Waals surface area contributed by atoms with Gasteiger partial charge in [0.25, 0.3) is 0 Å². The summed E-state index contributed by atoms with van der Waals surface area (Å²) in [4.78, 5) is 0. The highest BCUT2D eigenvalue weighted by atomic mass is 35.5. The molecule has 1 aromatic heterocycles. The van der Waals surface area contributed by atoms with Gasteiger partial charge in [0, 0.05) is 6.54 Å². The second-order valence-corrected chi connectivity index (χ2v) is 4.61. The Morgan fingerprint density at radius 2 is 2.12 bits per heavy atom. The van der Waals surface area contributed by atoms with Gasteiger partial charge in [0.15, 0.2) is 0 Å². The lowest BCUT2D eigenvalue weighted by Crippen LogP contribution is -2.06. The van der Waals surface area contributed by atoms with Crippen molar-refractivity contribution < 1.29 is 0 Å². The van der Waals surface area contributed by atoms with Crippen molar-refractivity contribution in [1.29, 1.82) is 0 Å². The summed E-state index contributed by atoms with van der Waals surface area (Å²) >= 11 is 5.98. The Hall–Kier alpha value is -1.32. The smallest absolute Gasteiger partial charge is 0.0815 e. The van der Waals surface area contributed by atoms with Gasteiger partial charge in [-0.1, -0.05) is 29.8 Å². The predicted octanol–water partition coefficient (Wildman–Crippen LogP) is 2.66. The van der Waals surface area contributed by atoms with Crippen molar-refractivity contribution in [2.75, 3.05) is 0 Å². The second-order valence-electron chi connectivity index (χ2n) is 4.20. The Bertz CT molecular complexity index is 531. The Balaban J connectivity index is 2.27. The molecule has 1 heterocycles. The van der Waals surface area contributed by atoms with Crippen molar-refractivity contribution in [3.63, 3.8) is 0 Å². The van der Waals surface area contributed by atoms with Gasteiger partial charge in [0.05, 0.1) is 23.5 Å². The normalized spacial score (nSPS) is 10.8. The first kappa shape index (κ1) is 12.1. The molecule has 0 saturated heterocycles. The third-order valence-corrected chi connectivity index (χ3v) is 3.38. The molecule has 0 unspecified atom stereocenters. The Kier molecular flexibility index (Phi) is 3.50. The zero-order valence-electron chi connectivity index (χ0n) is 10.1. The molecule has 2 aromatic rings. The number of aromatic nitrogens is 2. The second kappa shape index (κ2) is 4.90. The van der Waals surface area contributed by atoms with E-state index >= 15 is 0 Å². The average Bonchev–Trinajstić information content (AvgIpc) is 2.63. The highest BCUT2D eigenvalue weighted by molar-refractivity contribution is 6.31. The van der Waals surface area contributed by atoms with E-state index in [0.717, 1.165) is 17.8 Å². The van der Waals surface area contributed by atoms with Crippen LogP contribution in [0.4, 0.5) is 0 Å². The van der Waals surface area contributed by atoms with Crippen LogP contribution in [0.1, 0.15) is 22.4 Å². The van der Waals surface area contributed by atoms with Crippen LogP contribution in [0.15, 0.2) is 24.4 Å². The molecule has 0 fully saturated rings. The van der Waals surface area contributed by atoms with Gasteiger partial charge in [0.1, 0.15) is 0 Å². The van der Waals surface area contributed by atoms with Gasteiger partial charge in [-0.25, -0.2) is 0 Å². The lowest BCUT2D eigenvalue weighted by Gasteiger charge is -2.09. The van der Waals surface area contributed by atoms with Gasteiger partial charge in [-0.15, -0.1) is 0 Å². The monoisotopic (exact) mass is 249 g/mol. The lowest BCUT2D eigenvalue weighted by molar-refractivity contribution is 0.662. The molecule has 0 spiro atoms. The van der Waals surface area contributed by atoms with Crippen LogP contribution in [0.3, 0.4) is 0 Å². The fourth-order valence-electron chi connectivity index (χ4n) is 1.81. The number of hydrogen-bond donors (Lipinski definition) is 1. The highest BCUT2D eigenvalue weighted by Gasteiger charge is 2.06. The lowest BCUT2D eigenvalue weighted by atomic mass is 10.1. The summed E-state index contributed by atoms with van der Waals surface area (Å²) in [6.07, 6.45) is 1.68. The first-order valence-electron chi connectivity index (χ1n) is 5.58. The molecule has 0 atom stereocenters. The van der Waals surface area contributed by atoms with E-state index < -0.39 is 0 Å². The first-order valence-corrected chi connectivity index (χ1v) is 5.96. The van der Waals surface area contributed by atoms with E-state index in [1.54, 1.807) is 6.20 Å². The van der Waals surface area contributed by atoms with Gasteiger partial charge >= 0.3 is 0 Å². The average molecular weight is 250 g/mol. The molecule has 0 saturated carbocycles. The highest BCUT2D eigenvalue weighted by Crippen LogP contribution is 2.17. The minimum Gasteiger partial charge on any atom is -0.326 e. The third-order valence-electron chi connectivity index (χ3n) is 3.01. The van der Waals surface area contributed by atoms with E-state index in [1.165, 1.54) is 11.1 Å². The summed E-state index contributed by atoms with van der Waals surface area (Å²) in [5.41, 5.74) is 10.2. The van der Waals surface area contributed by atoms with Gasteiger partial charge < -0.3 is 5.73 Å². The maximum atomic E-state index is 5.98. The van der Waals surface area contributed by atoms with Crippen molar-refractivity contribution in [3.05, 3.63) is 51.8 Å². The molecule has 0 aliphatic heterocycles. The summed E-state index contributed by atoms with van der Waals surface area (Å²) < 4.78 is 1.91. The van der Waals surface area contributed by atoms with E-state index in [1.807, 2.05) is 11.6 Å². The maximum absolute atomic E-state index is 5.98. The molecule has 0 aliphatic rings. The number of halogens is 1.